The molecule has 0 radical (unpaired) electrons. The molecule has 0 N–H and O–H groups in total. The van der Waals surface area contributed by atoms with Crippen molar-refractivity contribution in [3.63, 3.8) is 0 Å². The molecule has 0 aliphatic carbocycles. The summed E-state index contributed by atoms with van der Waals surface area (Å²) in [7, 11) is 3.11. The fraction of sp³-hybridized carbons (Fsp3) is 0.444. The lowest BCUT2D eigenvalue weighted by molar-refractivity contribution is -0.146. The van der Waals surface area contributed by atoms with Gasteiger partial charge >= 0.3 is 5.97 Å². The average molecular weight is 355 g/mol. The molecule has 1 atom stereocenters. The van der Waals surface area contributed by atoms with Gasteiger partial charge in [0, 0.05) is 7.05 Å². The van der Waals surface area contributed by atoms with E-state index in [2.05, 4.69) is 15.1 Å². The van der Waals surface area contributed by atoms with Crippen molar-refractivity contribution in [3.8, 4) is 0 Å². The number of hydrogen-bond donors (Lipinski definition) is 0. The first-order chi connectivity index (χ1) is 12.5. The number of benzene rings is 1. The van der Waals surface area contributed by atoms with E-state index in [9.17, 15) is 9.59 Å². The third-order valence-electron chi connectivity index (χ3n) is 5.12. The number of hydrogen-bond acceptors (Lipinski definition) is 6. The maximum Gasteiger partial charge on any atom is 0.323 e. The van der Waals surface area contributed by atoms with E-state index >= 15 is 0 Å². The Morgan fingerprint density at radius 2 is 2.15 bits per heavy atom. The second-order valence-corrected chi connectivity index (χ2v) is 6.79. The van der Waals surface area contributed by atoms with Crippen molar-refractivity contribution in [2.45, 2.75) is 32.4 Å². The van der Waals surface area contributed by atoms with Crippen LogP contribution in [0.15, 0.2) is 23.0 Å². The van der Waals surface area contributed by atoms with Crippen LogP contribution in [0.5, 0.6) is 0 Å². The molecule has 1 saturated heterocycles. The Morgan fingerprint density at radius 3 is 2.92 bits per heavy atom. The van der Waals surface area contributed by atoms with E-state index in [0.29, 0.717) is 23.5 Å². The lowest BCUT2D eigenvalue weighted by Crippen LogP contribution is -2.36. The van der Waals surface area contributed by atoms with E-state index < -0.39 is 0 Å². The molecule has 8 nitrogen and oxygen atoms in total. The predicted molar refractivity (Wildman–Crippen MR) is 95.9 cm³/mol. The number of esters is 1. The molecule has 1 fully saturated rings. The Hall–Kier alpha value is -2.74. The van der Waals surface area contributed by atoms with E-state index in [1.54, 1.807) is 7.05 Å². The summed E-state index contributed by atoms with van der Waals surface area (Å²) in [5, 5.41) is 9.16. The number of nitrogens with zero attached hydrogens (tertiary/aromatic N) is 5. The Bertz CT molecular complexity index is 1070. The van der Waals surface area contributed by atoms with E-state index in [0.717, 1.165) is 30.5 Å². The van der Waals surface area contributed by atoms with Crippen LogP contribution in [0.2, 0.25) is 0 Å². The Kier molecular flexibility index (Phi) is 3.99. The molecule has 3 aromatic rings. The summed E-state index contributed by atoms with van der Waals surface area (Å²) in [6.45, 7) is 3.24. The molecule has 1 aromatic carbocycles. The summed E-state index contributed by atoms with van der Waals surface area (Å²) in [6.07, 6.45) is 1.72. The lowest BCUT2D eigenvalue weighted by Gasteiger charge is -2.21. The first kappa shape index (κ1) is 16.7. The van der Waals surface area contributed by atoms with Gasteiger partial charge in [0.1, 0.15) is 6.04 Å². The van der Waals surface area contributed by atoms with Crippen molar-refractivity contribution in [2.24, 2.45) is 7.05 Å². The number of ether oxygens (including phenoxy) is 1. The van der Waals surface area contributed by atoms with Crippen molar-refractivity contribution >= 4 is 22.6 Å². The van der Waals surface area contributed by atoms with E-state index in [4.69, 9.17) is 4.74 Å². The van der Waals surface area contributed by atoms with Crippen molar-refractivity contribution in [1.82, 2.24) is 24.1 Å². The maximum absolute atomic E-state index is 12.6. The quantitative estimate of drug-likeness (QED) is 0.653. The molecule has 3 heterocycles. The molecule has 0 bridgehead atoms. The van der Waals surface area contributed by atoms with Crippen LogP contribution in [0.1, 0.15) is 24.2 Å². The molecule has 8 heteroatoms. The Morgan fingerprint density at radius 1 is 1.35 bits per heavy atom. The molecule has 0 amide bonds. The summed E-state index contributed by atoms with van der Waals surface area (Å²) >= 11 is 0. The first-order valence-corrected chi connectivity index (χ1v) is 8.66. The molecule has 0 saturated carbocycles. The molecular weight excluding hydrogens is 334 g/mol. The van der Waals surface area contributed by atoms with Crippen LogP contribution in [-0.2, 0) is 23.1 Å². The highest BCUT2D eigenvalue weighted by molar-refractivity contribution is 5.81. The zero-order chi connectivity index (χ0) is 18.4. The highest BCUT2D eigenvalue weighted by atomic mass is 16.5. The van der Waals surface area contributed by atoms with Crippen LogP contribution in [0, 0.1) is 6.92 Å². The smallest absolute Gasteiger partial charge is 0.323 e. The van der Waals surface area contributed by atoms with Gasteiger partial charge in [-0.25, -0.2) is 0 Å². The average Bonchev–Trinajstić information content (AvgIpc) is 3.27. The molecule has 2 aromatic heterocycles. The van der Waals surface area contributed by atoms with Crippen molar-refractivity contribution in [1.29, 1.82) is 0 Å². The second kappa shape index (κ2) is 6.21. The van der Waals surface area contributed by atoms with Crippen LogP contribution >= 0.6 is 0 Å². The van der Waals surface area contributed by atoms with Gasteiger partial charge in [0.05, 0.1) is 24.6 Å². The van der Waals surface area contributed by atoms with Crippen LogP contribution in [0.3, 0.4) is 0 Å². The van der Waals surface area contributed by atoms with Gasteiger partial charge in [0.15, 0.2) is 5.82 Å². The number of methoxy groups -OCH3 is 1. The van der Waals surface area contributed by atoms with Crippen LogP contribution in [0.25, 0.3) is 16.7 Å². The fourth-order valence-corrected chi connectivity index (χ4v) is 3.76. The van der Waals surface area contributed by atoms with Crippen LogP contribution in [-0.4, -0.2) is 49.7 Å². The lowest BCUT2D eigenvalue weighted by atomic mass is 10.1. The normalized spacial score (nSPS) is 18.0. The van der Waals surface area contributed by atoms with Crippen molar-refractivity contribution in [3.05, 3.63) is 39.9 Å². The third kappa shape index (κ3) is 2.48. The SMILES string of the molecule is COC(=O)C1CCCN1Cc1nnc2n(C)c(=O)c3cc(C)ccc3n12. The standard InChI is InChI=1S/C18H21N5O3/c1-11-6-7-13-12(9-11)16(24)21(2)18-20-19-15(23(13)18)10-22-8-4-5-14(22)17(25)26-3/h6-7,9,14H,4-5,8,10H2,1-3H3. The zero-order valence-electron chi connectivity index (χ0n) is 15.1. The first-order valence-electron chi connectivity index (χ1n) is 8.66. The van der Waals surface area contributed by atoms with Gasteiger partial charge in [-0.3, -0.25) is 23.5 Å². The van der Waals surface area contributed by atoms with Crippen molar-refractivity contribution in [2.75, 3.05) is 13.7 Å². The largest absolute Gasteiger partial charge is 0.468 e. The number of carbonyl (C=O) groups is 1. The summed E-state index contributed by atoms with van der Waals surface area (Å²) in [4.78, 5) is 26.7. The monoisotopic (exact) mass is 355 g/mol. The number of rotatable bonds is 3. The Balaban J connectivity index is 1.85. The van der Waals surface area contributed by atoms with Gasteiger partial charge in [-0.1, -0.05) is 11.6 Å². The summed E-state index contributed by atoms with van der Waals surface area (Å²) in [6, 6.07) is 5.52. The molecule has 136 valence electrons. The zero-order valence-corrected chi connectivity index (χ0v) is 15.1. The van der Waals surface area contributed by atoms with E-state index in [1.807, 2.05) is 29.5 Å². The molecule has 0 spiro atoms. The van der Waals surface area contributed by atoms with Gasteiger partial charge < -0.3 is 4.74 Å². The highest BCUT2D eigenvalue weighted by Crippen LogP contribution is 2.22. The van der Waals surface area contributed by atoms with Gasteiger partial charge in [-0.05, 0) is 38.4 Å². The molecule has 1 aliphatic rings. The molecule has 26 heavy (non-hydrogen) atoms. The summed E-state index contributed by atoms with van der Waals surface area (Å²) in [5.41, 5.74) is 1.71. The molecular formula is C18H21N5O3. The fourth-order valence-electron chi connectivity index (χ4n) is 3.76. The topological polar surface area (TPSA) is 81.7 Å². The van der Waals surface area contributed by atoms with Gasteiger partial charge in [0.25, 0.3) is 5.56 Å². The predicted octanol–water partition coefficient (Wildman–Crippen LogP) is 1.03. The van der Waals surface area contributed by atoms with Gasteiger partial charge in [0.2, 0.25) is 5.78 Å². The van der Waals surface area contributed by atoms with Gasteiger partial charge in [-0.15, -0.1) is 10.2 Å². The molecule has 4 rings (SSSR count). The highest BCUT2D eigenvalue weighted by Gasteiger charge is 2.32. The summed E-state index contributed by atoms with van der Waals surface area (Å²) < 4.78 is 8.34. The van der Waals surface area contributed by atoms with Crippen LogP contribution in [0.4, 0.5) is 0 Å². The number of likely N-dealkylation sites (tertiary alicyclic amines) is 1. The minimum Gasteiger partial charge on any atom is -0.468 e. The van der Waals surface area contributed by atoms with E-state index in [-0.39, 0.29) is 17.6 Å². The van der Waals surface area contributed by atoms with E-state index in [1.165, 1.54) is 11.7 Å². The third-order valence-corrected chi connectivity index (χ3v) is 5.12. The van der Waals surface area contributed by atoms with Crippen LogP contribution < -0.4 is 5.56 Å². The minimum atomic E-state index is -0.256. The second-order valence-electron chi connectivity index (χ2n) is 6.79. The Labute approximate surface area is 150 Å². The van der Waals surface area contributed by atoms with Gasteiger partial charge in [-0.2, -0.15) is 0 Å². The summed E-state index contributed by atoms with van der Waals surface area (Å²) in [5.74, 6) is 0.986. The molecule has 1 unspecified atom stereocenters. The molecule has 1 aliphatic heterocycles. The number of fused-ring (bicyclic) bond motifs is 3. The van der Waals surface area contributed by atoms with Crippen molar-refractivity contribution < 1.29 is 9.53 Å². The maximum atomic E-state index is 12.6. The number of aromatic nitrogens is 4. The number of aryl methyl sites for hydroxylation is 2. The minimum absolute atomic E-state index is 0.0937. The number of carbonyl (C=O) groups excluding carboxylic acids is 1.